The second kappa shape index (κ2) is 8.65. The van der Waals surface area contributed by atoms with E-state index in [4.69, 9.17) is 5.11 Å². The van der Waals surface area contributed by atoms with Gasteiger partial charge in [0, 0.05) is 6.08 Å². The van der Waals surface area contributed by atoms with Crippen LogP contribution in [-0.4, -0.2) is 16.8 Å². The zero-order valence-electron chi connectivity index (χ0n) is 7.45. The Kier molecular flexibility index (Phi) is 8.34. The second-order valence-corrected chi connectivity index (χ2v) is 3.59. The van der Waals surface area contributed by atoms with Crippen molar-refractivity contribution < 1.29 is 9.90 Å². The Morgan fingerprint density at radius 1 is 1.42 bits per heavy atom. The van der Waals surface area contributed by atoms with Gasteiger partial charge in [0.25, 0.3) is 0 Å². The van der Waals surface area contributed by atoms with Crippen LogP contribution < -0.4 is 0 Å². The lowest BCUT2D eigenvalue weighted by molar-refractivity contribution is -0.131. The summed E-state index contributed by atoms with van der Waals surface area (Å²) in [5.41, 5.74) is 0. The lowest BCUT2D eigenvalue weighted by Gasteiger charge is -1.95. The van der Waals surface area contributed by atoms with Crippen LogP contribution in [0.1, 0.15) is 32.6 Å². The Morgan fingerprint density at radius 2 is 2.17 bits per heavy atom. The summed E-state index contributed by atoms with van der Waals surface area (Å²) in [5, 5.41) is 9.90. The number of unbranched alkanes of at least 4 members (excludes halogenated alkanes) is 3. The second-order valence-electron chi connectivity index (χ2n) is 2.57. The van der Waals surface area contributed by atoms with E-state index in [1.54, 1.807) is 17.2 Å². The van der Waals surface area contributed by atoms with Crippen LogP contribution in [0.2, 0.25) is 0 Å². The molecule has 0 bridgehead atoms. The molecule has 0 rings (SSSR count). The molecule has 0 aromatic rings. The molecule has 0 radical (unpaired) electrons. The Morgan fingerprint density at radius 3 is 2.75 bits per heavy atom. The molecule has 3 heteroatoms. The third kappa shape index (κ3) is 9.56. The Hall–Kier alpha value is -0.440. The van der Waals surface area contributed by atoms with Gasteiger partial charge in [-0.25, -0.2) is 4.79 Å². The van der Waals surface area contributed by atoms with E-state index in [9.17, 15) is 4.79 Å². The van der Waals surface area contributed by atoms with Gasteiger partial charge >= 0.3 is 5.97 Å². The van der Waals surface area contributed by atoms with E-state index in [2.05, 4.69) is 6.92 Å². The number of carboxylic acids is 1. The largest absolute Gasteiger partial charge is 0.478 e. The summed E-state index contributed by atoms with van der Waals surface area (Å²) in [6, 6.07) is 0. The van der Waals surface area contributed by atoms with Gasteiger partial charge in [0.1, 0.15) is 0 Å². The van der Waals surface area contributed by atoms with Crippen molar-refractivity contribution in [2.45, 2.75) is 32.6 Å². The normalized spacial score (nSPS) is 10.8. The fourth-order valence-corrected chi connectivity index (χ4v) is 1.51. The highest BCUT2D eigenvalue weighted by Crippen LogP contribution is 2.08. The Bertz CT molecular complexity index is 143. The summed E-state index contributed by atoms with van der Waals surface area (Å²) >= 11 is 1.57. The first-order valence-corrected chi connectivity index (χ1v) is 5.33. The third-order valence-electron chi connectivity index (χ3n) is 1.42. The summed E-state index contributed by atoms with van der Waals surface area (Å²) in [6.07, 6.45) is 6.15. The maximum Gasteiger partial charge on any atom is 0.328 e. The average molecular weight is 188 g/mol. The van der Waals surface area contributed by atoms with Gasteiger partial charge in [0.05, 0.1) is 0 Å². The predicted octanol–water partition coefficient (Wildman–Crippen LogP) is 2.90. The van der Waals surface area contributed by atoms with Crippen molar-refractivity contribution in [3.63, 3.8) is 0 Å². The molecule has 0 spiro atoms. The van der Waals surface area contributed by atoms with Gasteiger partial charge in [-0.05, 0) is 17.6 Å². The van der Waals surface area contributed by atoms with Crippen LogP contribution in [-0.2, 0) is 4.79 Å². The molecule has 0 aliphatic carbocycles. The van der Waals surface area contributed by atoms with Gasteiger partial charge in [-0.15, -0.1) is 11.8 Å². The van der Waals surface area contributed by atoms with Gasteiger partial charge in [-0.2, -0.15) is 0 Å². The minimum absolute atomic E-state index is 0.865. The smallest absolute Gasteiger partial charge is 0.328 e. The molecule has 0 aliphatic rings. The van der Waals surface area contributed by atoms with Crippen LogP contribution in [0.5, 0.6) is 0 Å². The molecule has 0 saturated heterocycles. The molecule has 2 nitrogen and oxygen atoms in total. The van der Waals surface area contributed by atoms with Crippen LogP contribution >= 0.6 is 11.8 Å². The summed E-state index contributed by atoms with van der Waals surface area (Å²) in [5.74, 6) is 0.167. The summed E-state index contributed by atoms with van der Waals surface area (Å²) in [6.45, 7) is 2.18. The molecule has 0 saturated carbocycles. The zero-order valence-corrected chi connectivity index (χ0v) is 8.27. The maximum absolute atomic E-state index is 10.0. The average Bonchev–Trinajstić information content (AvgIpc) is 2.02. The highest BCUT2D eigenvalue weighted by Gasteiger charge is 1.88. The van der Waals surface area contributed by atoms with Crippen molar-refractivity contribution in [2.24, 2.45) is 0 Å². The van der Waals surface area contributed by atoms with Gasteiger partial charge < -0.3 is 5.11 Å². The monoisotopic (exact) mass is 188 g/mol. The summed E-state index contributed by atoms with van der Waals surface area (Å²) in [7, 11) is 0. The van der Waals surface area contributed by atoms with Crippen molar-refractivity contribution in [1.82, 2.24) is 0 Å². The molecule has 0 aromatic carbocycles. The first-order valence-electron chi connectivity index (χ1n) is 4.28. The molecule has 0 amide bonds. The van der Waals surface area contributed by atoms with Crippen molar-refractivity contribution in [3.05, 3.63) is 11.5 Å². The first-order chi connectivity index (χ1) is 5.77. The van der Waals surface area contributed by atoms with Gasteiger partial charge in [0.15, 0.2) is 0 Å². The molecule has 0 fully saturated rings. The van der Waals surface area contributed by atoms with E-state index in [1.165, 1.54) is 31.8 Å². The molecular weight excluding hydrogens is 172 g/mol. The number of thioether (sulfide) groups is 1. The number of hydrogen-bond donors (Lipinski definition) is 1. The molecule has 0 atom stereocenters. The van der Waals surface area contributed by atoms with Crippen LogP contribution in [0, 0.1) is 0 Å². The topological polar surface area (TPSA) is 37.3 Å². The van der Waals surface area contributed by atoms with E-state index >= 15 is 0 Å². The maximum atomic E-state index is 10.0. The molecule has 0 aromatic heterocycles. The summed E-state index contributed by atoms with van der Waals surface area (Å²) in [4.78, 5) is 10.0. The lowest BCUT2D eigenvalue weighted by atomic mass is 10.2. The van der Waals surface area contributed by atoms with E-state index < -0.39 is 5.97 Å². The van der Waals surface area contributed by atoms with E-state index in [-0.39, 0.29) is 0 Å². The van der Waals surface area contributed by atoms with Crippen LogP contribution in [0.15, 0.2) is 11.5 Å². The Labute approximate surface area is 78.0 Å². The van der Waals surface area contributed by atoms with Crippen molar-refractivity contribution >= 4 is 17.7 Å². The van der Waals surface area contributed by atoms with Crippen LogP contribution in [0.4, 0.5) is 0 Å². The standard InChI is InChI=1S/C9H16O2S/c1-2-3-4-5-7-12-8-6-9(10)11/h6,8H,2-5,7H2,1H3,(H,10,11). The van der Waals surface area contributed by atoms with Crippen molar-refractivity contribution in [2.75, 3.05) is 5.75 Å². The highest BCUT2D eigenvalue weighted by molar-refractivity contribution is 8.02. The van der Waals surface area contributed by atoms with Gasteiger partial charge in [0.2, 0.25) is 0 Å². The fourth-order valence-electron chi connectivity index (χ4n) is 0.787. The first kappa shape index (κ1) is 11.6. The third-order valence-corrected chi connectivity index (χ3v) is 2.28. The Balaban J connectivity index is 3.05. The van der Waals surface area contributed by atoms with Gasteiger partial charge in [-0.1, -0.05) is 26.2 Å². The quantitative estimate of drug-likeness (QED) is 0.493. The molecular formula is C9H16O2S. The van der Waals surface area contributed by atoms with E-state index in [1.807, 2.05) is 0 Å². The molecule has 70 valence electrons. The number of rotatable bonds is 7. The molecule has 12 heavy (non-hydrogen) atoms. The van der Waals surface area contributed by atoms with E-state index in [0.717, 1.165) is 5.75 Å². The fraction of sp³-hybridized carbons (Fsp3) is 0.667. The lowest BCUT2D eigenvalue weighted by Crippen LogP contribution is -1.85. The number of carbonyl (C=O) groups is 1. The van der Waals surface area contributed by atoms with E-state index in [0.29, 0.717) is 0 Å². The molecule has 0 unspecified atom stereocenters. The SMILES string of the molecule is CCCCCCSC=CC(=O)O. The summed E-state index contributed by atoms with van der Waals surface area (Å²) < 4.78 is 0. The zero-order chi connectivity index (χ0) is 9.23. The number of hydrogen-bond acceptors (Lipinski definition) is 2. The molecule has 0 heterocycles. The molecule has 0 aliphatic heterocycles. The number of aliphatic carboxylic acids is 1. The predicted molar refractivity (Wildman–Crippen MR) is 53.4 cm³/mol. The highest BCUT2D eigenvalue weighted by atomic mass is 32.2. The van der Waals surface area contributed by atoms with Gasteiger partial charge in [-0.3, -0.25) is 0 Å². The molecule has 1 N–H and O–H groups in total. The minimum Gasteiger partial charge on any atom is -0.478 e. The minimum atomic E-state index is -0.865. The number of carboxylic acid groups (broad SMARTS) is 1. The van der Waals surface area contributed by atoms with Crippen LogP contribution in [0.25, 0.3) is 0 Å². The van der Waals surface area contributed by atoms with Crippen molar-refractivity contribution in [3.8, 4) is 0 Å². The van der Waals surface area contributed by atoms with Crippen molar-refractivity contribution in [1.29, 1.82) is 0 Å². The van der Waals surface area contributed by atoms with Crippen LogP contribution in [0.3, 0.4) is 0 Å².